The largest absolute Gasteiger partial charge is 0.492 e. The summed E-state index contributed by atoms with van der Waals surface area (Å²) in [7, 11) is 0. The number of nitrogens with two attached hydrogens (primary N) is 2. The van der Waals surface area contributed by atoms with Crippen LogP contribution in [0.4, 0.5) is 0 Å². The van der Waals surface area contributed by atoms with Crippen LogP contribution in [-0.2, 0) is 4.79 Å². The molecule has 0 heterocycles. The SMILES string of the molecule is CSc1cccc(OCC(N)CCC(N)=O)c1. The van der Waals surface area contributed by atoms with Gasteiger partial charge in [-0.1, -0.05) is 6.07 Å². The third-order valence-corrected chi connectivity index (χ3v) is 2.99. The van der Waals surface area contributed by atoms with Gasteiger partial charge < -0.3 is 16.2 Å². The van der Waals surface area contributed by atoms with Crippen molar-refractivity contribution < 1.29 is 9.53 Å². The maximum atomic E-state index is 10.6. The topological polar surface area (TPSA) is 78.3 Å². The number of thioether (sulfide) groups is 1. The van der Waals surface area contributed by atoms with Crippen molar-refractivity contribution in [2.45, 2.75) is 23.8 Å². The Morgan fingerprint density at radius 3 is 2.94 bits per heavy atom. The number of amides is 1. The van der Waals surface area contributed by atoms with Crippen LogP contribution in [0.2, 0.25) is 0 Å². The molecule has 1 rings (SSSR count). The molecule has 0 aromatic heterocycles. The molecule has 1 aromatic rings. The predicted molar refractivity (Wildman–Crippen MR) is 70.1 cm³/mol. The van der Waals surface area contributed by atoms with Gasteiger partial charge in [-0.2, -0.15) is 0 Å². The van der Waals surface area contributed by atoms with E-state index in [9.17, 15) is 4.79 Å². The van der Waals surface area contributed by atoms with E-state index in [0.717, 1.165) is 10.6 Å². The molecule has 0 radical (unpaired) electrons. The molecule has 1 aromatic carbocycles. The van der Waals surface area contributed by atoms with Gasteiger partial charge in [0, 0.05) is 17.4 Å². The highest BCUT2D eigenvalue weighted by Crippen LogP contribution is 2.20. The average molecular weight is 254 g/mol. The minimum atomic E-state index is -0.329. The normalized spacial score (nSPS) is 12.1. The third-order valence-electron chi connectivity index (χ3n) is 2.27. The summed E-state index contributed by atoms with van der Waals surface area (Å²) in [6.07, 6.45) is 2.87. The Kier molecular flexibility index (Phi) is 5.86. The number of benzene rings is 1. The van der Waals surface area contributed by atoms with Gasteiger partial charge in [0.2, 0.25) is 5.91 Å². The highest BCUT2D eigenvalue weighted by atomic mass is 32.2. The Balaban J connectivity index is 2.36. The first-order chi connectivity index (χ1) is 8.11. The summed E-state index contributed by atoms with van der Waals surface area (Å²) in [6.45, 7) is 0.394. The number of carbonyl (C=O) groups is 1. The quantitative estimate of drug-likeness (QED) is 0.721. The fourth-order valence-electron chi connectivity index (χ4n) is 1.31. The Hall–Kier alpha value is -1.20. The van der Waals surface area contributed by atoms with Crippen molar-refractivity contribution in [2.24, 2.45) is 11.5 Å². The Morgan fingerprint density at radius 1 is 1.53 bits per heavy atom. The zero-order valence-electron chi connectivity index (χ0n) is 9.89. The molecule has 4 nitrogen and oxygen atoms in total. The van der Waals surface area contributed by atoms with Crippen molar-refractivity contribution in [3.05, 3.63) is 24.3 Å². The molecule has 94 valence electrons. The molecule has 0 saturated carbocycles. The Labute approximate surface area is 106 Å². The summed E-state index contributed by atoms with van der Waals surface area (Å²) < 4.78 is 5.55. The first-order valence-electron chi connectivity index (χ1n) is 5.42. The second-order valence-electron chi connectivity index (χ2n) is 3.76. The van der Waals surface area contributed by atoms with Gasteiger partial charge in [0.25, 0.3) is 0 Å². The van der Waals surface area contributed by atoms with Crippen molar-refractivity contribution >= 4 is 17.7 Å². The fraction of sp³-hybridized carbons (Fsp3) is 0.417. The second-order valence-corrected chi connectivity index (χ2v) is 4.63. The number of ether oxygens (including phenoxy) is 1. The van der Waals surface area contributed by atoms with Crippen molar-refractivity contribution in [1.82, 2.24) is 0 Å². The molecular weight excluding hydrogens is 236 g/mol. The standard InChI is InChI=1S/C12H18N2O2S/c1-17-11-4-2-3-10(7-11)16-8-9(13)5-6-12(14)15/h2-4,7,9H,5-6,8,13H2,1H3,(H2,14,15). The zero-order valence-corrected chi connectivity index (χ0v) is 10.7. The monoisotopic (exact) mass is 254 g/mol. The van der Waals surface area contributed by atoms with E-state index in [0.29, 0.717) is 19.4 Å². The van der Waals surface area contributed by atoms with Crippen LogP contribution in [0.1, 0.15) is 12.8 Å². The smallest absolute Gasteiger partial charge is 0.217 e. The number of rotatable bonds is 7. The third kappa shape index (κ3) is 5.60. The molecule has 0 aliphatic heterocycles. The summed E-state index contributed by atoms with van der Waals surface area (Å²) in [5.41, 5.74) is 10.9. The van der Waals surface area contributed by atoms with Gasteiger partial charge in [0.05, 0.1) is 0 Å². The number of carbonyl (C=O) groups excluding carboxylic acids is 1. The average Bonchev–Trinajstić information content (AvgIpc) is 2.34. The molecule has 4 N–H and O–H groups in total. The Bertz CT molecular complexity index is 371. The van der Waals surface area contributed by atoms with Gasteiger partial charge in [-0.05, 0) is 30.9 Å². The van der Waals surface area contributed by atoms with Gasteiger partial charge in [0.1, 0.15) is 12.4 Å². The summed E-state index contributed by atoms with van der Waals surface area (Å²) in [5, 5.41) is 0. The van der Waals surface area contributed by atoms with Crippen LogP contribution in [0.25, 0.3) is 0 Å². The summed E-state index contributed by atoms with van der Waals surface area (Å²) in [6, 6.07) is 7.65. The number of hydrogen-bond donors (Lipinski definition) is 2. The van der Waals surface area contributed by atoms with Crippen molar-refractivity contribution in [3.63, 3.8) is 0 Å². The van der Waals surface area contributed by atoms with Crippen LogP contribution in [0, 0.1) is 0 Å². The summed E-state index contributed by atoms with van der Waals surface area (Å²) in [5.74, 6) is 0.469. The summed E-state index contributed by atoms with van der Waals surface area (Å²) >= 11 is 1.66. The maximum absolute atomic E-state index is 10.6. The lowest BCUT2D eigenvalue weighted by Gasteiger charge is -2.12. The van der Waals surface area contributed by atoms with Crippen LogP contribution < -0.4 is 16.2 Å². The van der Waals surface area contributed by atoms with Crippen molar-refractivity contribution in [3.8, 4) is 5.75 Å². The number of primary amides is 1. The van der Waals surface area contributed by atoms with Crippen LogP contribution in [0.3, 0.4) is 0 Å². The van der Waals surface area contributed by atoms with E-state index < -0.39 is 0 Å². The van der Waals surface area contributed by atoms with E-state index in [4.69, 9.17) is 16.2 Å². The fourth-order valence-corrected chi connectivity index (χ4v) is 1.75. The predicted octanol–water partition coefficient (Wildman–Crippen LogP) is 1.38. The molecule has 0 aliphatic rings. The molecular formula is C12H18N2O2S. The van der Waals surface area contributed by atoms with Gasteiger partial charge in [-0.3, -0.25) is 4.79 Å². The molecule has 0 aliphatic carbocycles. The highest BCUT2D eigenvalue weighted by Gasteiger charge is 2.06. The molecule has 5 heteroatoms. The lowest BCUT2D eigenvalue weighted by atomic mass is 10.2. The van der Waals surface area contributed by atoms with E-state index >= 15 is 0 Å². The van der Waals surface area contributed by atoms with Crippen molar-refractivity contribution in [1.29, 1.82) is 0 Å². The first-order valence-corrected chi connectivity index (χ1v) is 6.65. The highest BCUT2D eigenvalue weighted by molar-refractivity contribution is 7.98. The van der Waals surface area contributed by atoms with E-state index in [1.54, 1.807) is 11.8 Å². The molecule has 17 heavy (non-hydrogen) atoms. The minimum absolute atomic E-state index is 0.166. The summed E-state index contributed by atoms with van der Waals surface area (Å²) in [4.78, 5) is 11.7. The molecule has 1 atom stereocenters. The number of hydrogen-bond acceptors (Lipinski definition) is 4. The first kappa shape index (κ1) is 13.9. The van der Waals surface area contributed by atoms with E-state index in [1.165, 1.54) is 0 Å². The minimum Gasteiger partial charge on any atom is -0.492 e. The molecule has 0 saturated heterocycles. The second kappa shape index (κ2) is 7.19. The van der Waals surface area contributed by atoms with Gasteiger partial charge >= 0.3 is 0 Å². The van der Waals surface area contributed by atoms with E-state index in [2.05, 4.69) is 0 Å². The van der Waals surface area contributed by atoms with E-state index in [-0.39, 0.29) is 11.9 Å². The Morgan fingerprint density at radius 2 is 2.29 bits per heavy atom. The van der Waals surface area contributed by atoms with Gasteiger partial charge in [-0.15, -0.1) is 11.8 Å². The zero-order chi connectivity index (χ0) is 12.7. The maximum Gasteiger partial charge on any atom is 0.217 e. The van der Waals surface area contributed by atoms with Crippen LogP contribution in [0.5, 0.6) is 5.75 Å². The van der Waals surface area contributed by atoms with Crippen molar-refractivity contribution in [2.75, 3.05) is 12.9 Å². The molecule has 0 bridgehead atoms. The molecule has 1 amide bonds. The molecule has 0 fully saturated rings. The van der Waals surface area contributed by atoms with Crippen LogP contribution in [0.15, 0.2) is 29.2 Å². The van der Waals surface area contributed by atoms with Crippen LogP contribution >= 0.6 is 11.8 Å². The molecule has 0 spiro atoms. The lowest BCUT2D eigenvalue weighted by Crippen LogP contribution is -2.29. The lowest BCUT2D eigenvalue weighted by molar-refractivity contribution is -0.118. The van der Waals surface area contributed by atoms with Gasteiger partial charge in [0.15, 0.2) is 0 Å². The molecule has 1 unspecified atom stereocenters. The van der Waals surface area contributed by atoms with Gasteiger partial charge in [-0.25, -0.2) is 0 Å². The van der Waals surface area contributed by atoms with Crippen LogP contribution in [-0.4, -0.2) is 24.8 Å². The van der Waals surface area contributed by atoms with E-state index in [1.807, 2.05) is 30.5 Å².